The Morgan fingerprint density at radius 3 is 2.52 bits per heavy atom. The molecule has 10 heteroatoms. The third kappa shape index (κ3) is 4.63. The van der Waals surface area contributed by atoms with Crippen LogP contribution in [0.25, 0.3) is 10.9 Å². The average Bonchev–Trinajstić information content (AvgIpc) is 3.39. The van der Waals surface area contributed by atoms with Crippen LogP contribution in [0.15, 0.2) is 24.3 Å². The van der Waals surface area contributed by atoms with E-state index in [4.69, 9.17) is 11.6 Å². The van der Waals surface area contributed by atoms with Crippen molar-refractivity contribution in [2.75, 3.05) is 14.1 Å². The molecule has 8 nitrogen and oxygen atoms in total. The van der Waals surface area contributed by atoms with Crippen LogP contribution in [0.4, 0.5) is 0 Å². The second-order valence-electron chi connectivity index (χ2n) is 8.88. The van der Waals surface area contributed by atoms with Crippen LogP contribution in [0.3, 0.4) is 0 Å². The molecule has 3 heterocycles. The molecule has 0 unspecified atom stereocenters. The highest BCUT2D eigenvalue weighted by molar-refractivity contribution is 7.13. The lowest BCUT2D eigenvalue weighted by molar-refractivity contribution is -0.00171. The zero-order chi connectivity index (χ0) is 23.1. The van der Waals surface area contributed by atoms with Crippen LogP contribution in [0.5, 0.6) is 0 Å². The number of amides is 2. The minimum absolute atomic E-state index is 0.125. The van der Waals surface area contributed by atoms with Crippen molar-refractivity contribution < 1.29 is 9.59 Å². The molecule has 3 N–H and O–H groups in total. The summed E-state index contributed by atoms with van der Waals surface area (Å²) in [7, 11) is 4.04. The lowest BCUT2D eigenvalue weighted by atomic mass is 9.90. The standard InChI is InChI=1S/C23H27ClN6O2S/c1-29-11-19-20(12-30(29)2)33-23(28-19)22(32)27-17-6-4-3-5-16(17)26-21(31)18-10-13-9-14(24)7-8-15(13)25-18/h7-10,16-17,25H,3-6,11-12H2,1-2H3,(H,26,31)(H,27,32)/t16-,17+/m1/s1. The predicted molar refractivity (Wildman–Crippen MR) is 129 cm³/mol. The van der Waals surface area contributed by atoms with Crippen molar-refractivity contribution in [2.45, 2.75) is 50.9 Å². The molecule has 174 valence electrons. The third-order valence-electron chi connectivity index (χ3n) is 6.53. The number of carbonyl (C=O) groups is 2. The number of rotatable bonds is 4. The van der Waals surface area contributed by atoms with Gasteiger partial charge in [-0.25, -0.2) is 15.0 Å². The molecule has 33 heavy (non-hydrogen) atoms. The van der Waals surface area contributed by atoms with Gasteiger partial charge in [-0.05, 0) is 37.1 Å². The second-order valence-corrected chi connectivity index (χ2v) is 10.4. The van der Waals surface area contributed by atoms with E-state index in [9.17, 15) is 9.59 Å². The molecule has 1 saturated carbocycles. The number of benzene rings is 1. The van der Waals surface area contributed by atoms with Crippen LogP contribution < -0.4 is 10.6 Å². The summed E-state index contributed by atoms with van der Waals surface area (Å²) in [5, 5.41) is 12.5. The van der Waals surface area contributed by atoms with E-state index >= 15 is 0 Å². The Balaban J connectivity index is 1.27. The number of halogens is 1. The maximum atomic E-state index is 13.0. The van der Waals surface area contributed by atoms with Gasteiger partial charge in [0.2, 0.25) is 0 Å². The Bertz CT molecular complexity index is 1180. The summed E-state index contributed by atoms with van der Waals surface area (Å²) in [5.74, 6) is -0.338. The first kappa shape index (κ1) is 22.3. The van der Waals surface area contributed by atoms with Crippen LogP contribution in [0, 0.1) is 0 Å². The van der Waals surface area contributed by atoms with Crippen LogP contribution in [-0.2, 0) is 13.1 Å². The molecule has 1 fully saturated rings. The van der Waals surface area contributed by atoms with Gasteiger partial charge in [-0.2, -0.15) is 0 Å². The number of H-pyrrole nitrogens is 1. The van der Waals surface area contributed by atoms with Crippen molar-refractivity contribution in [2.24, 2.45) is 0 Å². The van der Waals surface area contributed by atoms with Crippen molar-refractivity contribution in [3.05, 3.63) is 50.6 Å². The second kappa shape index (κ2) is 9.06. The molecule has 1 aliphatic heterocycles. The highest BCUT2D eigenvalue weighted by Gasteiger charge is 2.31. The van der Waals surface area contributed by atoms with Crippen molar-refractivity contribution in [3.63, 3.8) is 0 Å². The third-order valence-corrected chi connectivity index (χ3v) is 7.85. The van der Waals surface area contributed by atoms with E-state index in [1.807, 2.05) is 26.2 Å². The zero-order valence-corrected chi connectivity index (χ0v) is 20.2. The summed E-state index contributed by atoms with van der Waals surface area (Å²) in [6, 6.07) is 7.04. The number of nitrogens with zero attached hydrogens (tertiary/aromatic N) is 3. The number of aromatic nitrogens is 2. The van der Waals surface area contributed by atoms with E-state index in [-0.39, 0.29) is 23.9 Å². The number of hydrogen-bond acceptors (Lipinski definition) is 6. The summed E-state index contributed by atoms with van der Waals surface area (Å²) in [5.41, 5.74) is 2.32. The first-order valence-corrected chi connectivity index (χ1v) is 12.4. The molecule has 2 aliphatic rings. The number of thiazole rings is 1. The van der Waals surface area contributed by atoms with Crippen molar-refractivity contribution in [3.8, 4) is 0 Å². The normalized spacial score (nSPS) is 21.7. The van der Waals surface area contributed by atoms with Crippen LogP contribution in [0.2, 0.25) is 5.02 Å². The first-order valence-electron chi connectivity index (χ1n) is 11.2. The van der Waals surface area contributed by atoms with Crippen LogP contribution in [-0.4, -0.2) is 58.0 Å². The van der Waals surface area contributed by atoms with E-state index in [0.29, 0.717) is 22.3 Å². The molecule has 1 aliphatic carbocycles. The topological polar surface area (TPSA) is 93.4 Å². The van der Waals surface area contributed by atoms with Crippen LogP contribution >= 0.6 is 22.9 Å². The molecule has 0 radical (unpaired) electrons. The molecule has 1 aromatic carbocycles. The molecule has 3 aromatic rings. The Morgan fingerprint density at radius 1 is 1.06 bits per heavy atom. The highest BCUT2D eigenvalue weighted by Crippen LogP contribution is 2.27. The SMILES string of the molecule is CN1Cc2nc(C(=O)N[C@H]3CCCC[C@H]3NC(=O)c3cc4cc(Cl)ccc4[nH]3)sc2CN1C. The highest BCUT2D eigenvalue weighted by atomic mass is 35.5. The molecule has 0 saturated heterocycles. The number of nitrogens with one attached hydrogen (secondary N) is 3. The Kier molecular flexibility index (Phi) is 6.13. The maximum absolute atomic E-state index is 13.0. The maximum Gasteiger partial charge on any atom is 0.280 e. The number of carbonyl (C=O) groups excluding carboxylic acids is 2. The summed E-state index contributed by atoms with van der Waals surface area (Å²) in [4.78, 5) is 34.9. The lowest BCUT2D eigenvalue weighted by Gasteiger charge is -2.32. The fraction of sp³-hybridized carbons (Fsp3) is 0.435. The van der Waals surface area contributed by atoms with Gasteiger partial charge in [0.25, 0.3) is 11.8 Å². The Hall–Kier alpha value is -2.46. The molecule has 2 amide bonds. The average molecular weight is 487 g/mol. The fourth-order valence-electron chi connectivity index (χ4n) is 4.57. The molecule has 5 rings (SSSR count). The van der Waals surface area contributed by atoms with E-state index in [2.05, 4.69) is 30.6 Å². The first-order chi connectivity index (χ1) is 15.9. The summed E-state index contributed by atoms with van der Waals surface area (Å²) in [6.07, 6.45) is 3.69. The largest absolute Gasteiger partial charge is 0.351 e. The van der Waals surface area contributed by atoms with Gasteiger partial charge in [0.1, 0.15) is 5.69 Å². The van der Waals surface area contributed by atoms with Gasteiger partial charge in [0.15, 0.2) is 5.01 Å². The van der Waals surface area contributed by atoms with Gasteiger partial charge in [-0.15, -0.1) is 11.3 Å². The number of aromatic amines is 1. The molecule has 0 bridgehead atoms. The molecular weight excluding hydrogens is 460 g/mol. The van der Waals surface area contributed by atoms with Crippen LogP contribution in [0.1, 0.15) is 56.5 Å². The summed E-state index contributed by atoms with van der Waals surface area (Å²) in [6.45, 7) is 1.46. The van der Waals surface area contributed by atoms with Gasteiger partial charge in [0.05, 0.1) is 12.2 Å². The number of fused-ring (bicyclic) bond motifs is 2. The van der Waals surface area contributed by atoms with Gasteiger partial charge in [-0.3, -0.25) is 9.59 Å². The Morgan fingerprint density at radius 2 is 1.76 bits per heavy atom. The predicted octanol–water partition coefficient (Wildman–Crippen LogP) is 3.54. The minimum Gasteiger partial charge on any atom is -0.351 e. The van der Waals surface area contributed by atoms with E-state index in [1.54, 1.807) is 12.1 Å². The quantitative estimate of drug-likeness (QED) is 0.524. The fourth-order valence-corrected chi connectivity index (χ4v) is 5.77. The Labute approximate surface area is 201 Å². The van der Waals surface area contributed by atoms with Gasteiger partial charge in [0, 0.05) is 53.5 Å². The molecule has 2 aromatic heterocycles. The monoisotopic (exact) mass is 486 g/mol. The molecule has 2 atom stereocenters. The van der Waals surface area contributed by atoms with Crippen molar-refractivity contribution >= 4 is 45.7 Å². The van der Waals surface area contributed by atoms with Crippen molar-refractivity contribution in [1.29, 1.82) is 0 Å². The van der Waals surface area contributed by atoms with Crippen molar-refractivity contribution in [1.82, 2.24) is 30.6 Å². The zero-order valence-electron chi connectivity index (χ0n) is 18.7. The molecular formula is C23H27ClN6O2S. The number of hydrazine groups is 1. The smallest absolute Gasteiger partial charge is 0.280 e. The van der Waals surface area contributed by atoms with E-state index < -0.39 is 0 Å². The van der Waals surface area contributed by atoms with E-state index in [1.165, 1.54) is 11.3 Å². The summed E-state index contributed by atoms with van der Waals surface area (Å²) >= 11 is 7.52. The minimum atomic E-state index is -0.177. The van der Waals surface area contributed by atoms with Gasteiger partial charge in [-0.1, -0.05) is 24.4 Å². The van der Waals surface area contributed by atoms with Gasteiger partial charge < -0.3 is 15.6 Å². The summed E-state index contributed by atoms with van der Waals surface area (Å²) < 4.78 is 0. The molecule has 0 spiro atoms. The number of hydrogen-bond donors (Lipinski definition) is 3. The lowest BCUT2D eigenvalue weighted by Crippen LogP contribution is -2.53. The van der Waals surface area contributed by atoms with Gasteiger partial charge >= 0.3 is 0 Å². The van der Waals surface area contributed by atoms with E-state index in [0.717, 1.165) is 53.7 Å².